The van der Waals surface area contributed by atoms with E-state index in [9.17, 15) is 4.79 Å². The van der Waals surface area contributed by atoms with Crippen LogP contribution in [-0.2, 0) is 16.0 Å². The van der Waals surface area contributed by atoms with Gasteiger partial charge < -0.3 is 10.5 Å². The fourth-order valence-corrected chi connectivity index (χ4v) is 2.48. The molecular weight excluding hydrogens is 258 g/mol. The molecule has 1 atom stereocenters. The van der Waals surface area contributed by atoms with Crippen molar-refractivity contribution in [1.29, 1.82) is 0 Å². The largest absolute Gasteiger partial charge is 0.464 e. The lowest BCUT2D eigenvalue weighted by molar-refractivity contribution is -0.145. The number of aryl methyl sites for hydroxylation is 1. The average Bonchev–Trinajstić information content (AvgIpc) is 2.98. The van der Waals surface area contributed by atoms with Crippen molar-refractivity contribution in [3.05, 3.63) is 58.3 Å². The Bertz CT molecular complexity index is 496. The molecule has 19 heavy (non-hydrogen) atoms. The molecule has 4 heteroatoms. The summed E-state index contributed by atoms with van der Waals surface area (Å²) in [6, 6.07) is 13.2. The predicted octanol–water partition coefficient (Wildman–Crippen LogP) is 2.92. The van der Waals surface area contributed by atoms with Crippen molar-refractivity contribution in [3.8, 4) is 0 Å². The Morgan fingerprint density at radius 1 is 1.21 bits per heavy atom. The second kappa shape index (κ2) is 7.07. The van der Waals surface area contributed by atoms with Crippen molar-refractivity contribution in [2.45, 2.75) is 18.9 Å². The van der Waals surface area contributed by atoms with E-state index in [1.807, 2.05) is 35.7 Å². The van der Waals surface area contributed by atoms with Crippen molar-refractivity contribution in [3.63, 3.8) is 0 Å². The molecule has 1 aromatic heterocycles. The lowest BCUT2D eigenvalue weighted by Gasteiger charge is -2.09. The van der Waals surface area contributed by atoms with Gasteiger partial charge in [0, 0.05) is 4.88 Å². The molecule has 2 rings (SSSR count). The maximum atomic E-state index is 11.7. The summed E-state index contributed by atoms with van der Waals surface area (Å²) < 4.78 is 5.19. The van der Waals surface area contributed by atoms with Crippen LogP contribution in [0.2, 0.25) is 0 Å². The zero-order valence-corrected chi connectivity index (χ0v) is 11.4. The summed E-state index contributed by atoms with van der Waals surface area (Å²) in [5, 5.41) is 1.90. The maximum Gasteiger partial charge on any atom is 0.328 e. The van der Waals surface area contributed by atoms with Gasteiger partial charge in [-0.2, -0.15) is 0 Å². The number of hydrogen-bond acceptors (Lipinski definition) is 4. The number of rotatable bonds is 6. The molecule has 0 spiro atoms. The fourth-order valence-electron chi connectivity index (χ4n) is 1.77. The first-order valence-electron chi connectivity index (χ1n) is 6.27. The molecule has 3 nitrogen and oxygen atoms in total. The summed E-state index contributed by atoms with van der Waals surface area (Å²) in [6.45, 7) is 0.410. The third-order valence-corrected chi connectivity index (χ3v) is 3.76. The highest BCUT2D eigenvalue weighted by molar-refractivity contribution is 7.10. The Hall–Kier alpha value is -1.65. The van der Waals surface area contributed by atoms with Gasteiger partial charge in [-0.05, 0) is 29.9 Å². The van der Waals surface area contributed by atoms with Gasteiger partial charge in [-0.1, -0.05) is 36.4 Å². The highest BCUT2D eigenvalue weighted by atomic mass is 32.1. The van der Waals surface area contributed by atoms with Crippen molar-refractivity contribution in [1.82, 2.24) is 0 Å². The van der Waals surface area contributed by atoms with Gasteiger partial charge >= 0.3 is 5.97 Å². The Morgan fingerprint density at radius 3 is 2.68 bits per heavy atom. The molecule has 1 unspecified atom stereocenters. The minimum Gasteiger partial charge on any atom is -0.464 e. The summed E-state index contributed by atoms with van der Waals surface area (Å²) in [4.78, 5) is 12.6. The standard InChI is InChI=1S/C15H17NO2S/c16-14(13-9-5-11-19-13)15(17)18-10-4-8-12-6-2-1-3-7-12/h1-3,5-7,9,11,14H,4,8,10,16H2. The zero-order valence-electron chi connectivity index (χ0n) is 10.6. The normalized spacial score (nSPS) is 12.1. The number of carbonyl (C=O) groups is 1. The second-order valence-corrected chi connectivity index (χ2v) is 5.23. The predicted molar refractivity (Wildman–Crippen MR) is 77.0 cm³/mol. The van der Waals surface area contributed by atoms with Crippen molar-refractivity contribution in [2.75, 3.05) is 6.61 Å². The lowest BCUT2D eigenvalue weighted by Crippen LogP contribution is -2.23. The maximum absolute atomic E-state index is 11.7. The van der Waals surface area contributed by atoms with Gasteiger partial charge in [-0.25, -0.2) is 4.79 Å². The van der Waals surface area contributed by atoms with E-state index in [1.165, 1.54) is 16.9 Å². The quantitative estimate of drug-likeness (QED) is 0.651. The molecule has 0 fully saturated rings. The van der Waals surface area contributed by atoms with E-state index in [4.69, 9.17) is 10.5 Å². The minimum atomic E-state index is -0.656. The summed E-state index contributed by atoms with van der Waals surface area (Å²) in [6.07, 6.45) is 1.72. The smallest absolute Gasteiger partial charge is 0.328 e. The fraction of sp³-hybridized carbons (Fsp3) is 0.267. The molecule has 1 heterocycles. The topological polar surface area (TPSA) is 52.3 Å². The van der Waals surface area contributed by atoms with E-state index in [-0.39, 0.29) is 5.97 Å². The van der Waals surface area contributed by atoms with Gasteiger partial charge in [-0.3, -0.25) is 0 Å². The van der Waals surface area contributed by atoms with Crippen LogP contribution in [0.3, 0.4) is 0 Å². The number of hydrogen-bond donors (Lipinski definition) is 1. The molecule has 2 N–H and O–H groups in total. The van der Waals surface area contributed by atoms with Gasteiger partial charge in [0.25, 0.3) is 0 Å². The van der Waals surface area contributed by atoms with Crippen LogP contribution in [-0.4, -0.2) is 12.6 Å². The van der Waals surface area contributed by atoms with Gasteiger partial charge in [0.2, 0.25) is 0 Å². The molecule has 0 amide bonds. The molecule has 100 valence electrons. The van der Waals surface area contributed by atoms with Crippen LogP contribution in [0.4, 0.5) is 0 Å². The molecule has 0 saturated heterocycles. The summed E-state index contributed by atoms with van der Waals surface area (Å²) in [7, 11) is 0. The van der Waals surface area contributed by atoms with E-state index < -0.39 is 6.04 Å². The van der Waals surface area contributed by atoms with Crippen LogP contribution >= 0.6 is 11.3 Å². The molecule has 2 aromatic rings. The van der Waals surface area contributed by atoms with Crippen molar-refractivity contribution < 1.29 is 9.53 Å². The first kappa shape index (κ1) is 13.8. The zero-order chi connectivity index (χ0) is 13.5. The SMILES string of the molecule is NC(C(=O)OCCCc1ccccc1)c1cccs1. The third kappa shape index (κ3) is 4.19. The number of nitrogens with two attached hydrogens (primary N) is 1. The summed E-state index contributed by atoms with van der Waals surface area (Å²) in [5.41, 5.74) is 7.06. The molecule has 0 aliphatic heterocycles. The number of benzene rings is 1. The minimum absolute atomic E-state index is 0.351. The molecule has 1 aromatic carbocycles. The number of thiophene rings is 1. The molecular formula is C15H17NO2S. The number of carbonyl (C=O) groups excluding carboxylic acids is 1. The molecule has 0 radical (unpaired) electrons. The van der Waals surface area contributed by atoms with Crippen molar-refractivity contribution in [2.24, 2.45) is 5.73 Å². The first-order valence-corrected chi connectivity index (χ1v) is 7.15. The Morgan fingerprint density at radius 2 is 2.00 bits per heavy atom. The molecule has 0 aliphatic carbocycles. The van der Waals surface area contributed by atoms with E-state index in [1.54, 1.807) is 0 Å². The highest BCUT2D eigenvalue weighted by Gasteiger charge is 2.17. The van der Waals surface area contributed by atoms with Gasteiger partial charge in [0.05, 0.1) is 6.61 Å². The third-order valence-electron chi connectivity index (χ3n) is 2.80. The van der Waals surface area contributed by atoms with Gasteiger partial charge in [-0.15, -0.1) is 11.3 Å². The summed E-state index contributed by atoms with van der Waals surface area (Å²) in [5.74, 6) is -0.351. The first-order chi connectivity index (χ1) is 9.27. The van der Waals surface area contributed by atoms with Crippen LogP contribution in [0, 0.1) is 0 Å². The van der Waals surface area contributed by atoms with Crippen LogP contribution in [0.1, 0.15) is 22.9 Å². The number of ether oxygens (including phenoxy) is 1. The van der Waals surface area contributed by atoms with Crippen LogP contribution in [0.25, 0.3) is 0 Å². The van der Waals surface area contributed by atoms with E-state index in [0.29, 0.717) is 6.61 Å². The molecule has 0 saturated carbocycles. The van der Waals surface area contributed by atoms with Crippen LogP contribution in [0.15, 0.2) is 47.8 Å². The van der Waals surface area contributed by atoms with E-state index in [0.717, 1.165) is 17.7 Å². The van der Waals surface area contributed by atoms with E-state index in [2.05, 4.69) is 12.1 Å². The monoisotopic (exact) mass is 275 g/mol. The van der Waals surface area contributed by atoms with E-state index >= 15 is 0 Å². The van der Waals surface area contributed by atoms with Crippen molar-refractivity contribution >= 4 is 17.3 Å². The Kier molecular flexibility index (Phi) is 5.12. The number of esters is 1. The Balaban J connectivity index is 1.70. The summed E-state index contributed by atoms with van der Waals surface area (Å²) >= 11 is 1.47. The van der Waals surface area contributed by atoms with Crippen LogP contribution < -0.4 is 5.73 Å². The van der Waals surface area contributed by atoms with Gasteiger partial charge in [0.1, 0.15) is 6.04 Å². The lowest BCUT2D eigenvalue weighted by atomic mass is 10.1. The second-order valence-electron chi connectivity index (χ2n) is 4.25. The Labute approximate surface area is 117 Å². The van der Waals surface area contributed by atoms with Crippen LogP contribution in [0.5, 0.6) is 0 Å². The average molecular weight is 275 g/mol. The molecule has 0 bridgehead atoms. The highest BCUT2D eigenvalue weighted by Crippen LogP contribution is 2.17. The molecule has 0 aliphatic rings. The van der Waals surface area contributed by atoms with Gasteiger partial charge in [0.15, 0.2) is 0 Å².